The topological polar surface area (TPSA) is 16.1 Å². The van der Waals surface area contributed by atoms with E-state index < -0.39 is 0 Å². The van der Waals surface area contributed by atoms with Crippen LogP contribution in [0.5, 0.6) is 0 Å². The fraction of sp³-hybridized carbons (Fsp3) is 0.222. The lowest BCUT2D eigenvalue weighted by Crippen LogP contribution is -2.12. The van der Waals surface area contributed by atoms with Gasteiger partial charge in [0, 0.05) is 36.2 Å². The van der Waals surface area contributed by atoms with E-state index in [9.17, 15) is 0 Å². The summed E-state index contributed by atoms with van der Waals surface area (Å²) in [7, 11) is 2.18. The van der Waals surface area contributed by atoms with E-state index in [-0.39, 0.29) is 0 Å². The molecule has 0 aliphatic heterocycles. The highest BCUT2D eigenvalue weighted by Gasteiger charge is 2.14. The van der Waals surface area contributed by atoms with Crippen molar-refractivity contribution in [3.63, 3.8) is 0 Å². The Morgan fingerprint density at radius 2 is 1.55 bits per heavy atom. The van der Waals surface area contributed by atoms with E-state index in [0.717, 1.165) is 6.42 Å². The maximum atomic E-state index is 4.14. The summed E-state index contributed by atoms with van der Waals surface area (Å²) in [5, 5.41) is 2.60. The second-order valence-electron chi connectivity index (χ2n) is 8.08. The standard InChI is InChI=1S/C27H28N2/c1-19(2)22-10-9-20(3)27(18-22)29(4)26-12-11-23(17-21-13-15-28-16-14-21)24-7-5-6-8-25(24)26/h5-16,18-19H,17H2,1-4H3. The lowest BCUT2D eigenvalue weighted by molar-refractivity contribution is 0.865. The Morgan fingerprint density at radius 1 is 0.828 bits per heavy atom. The van der Waals surface area contributed by atoms with Gasteiger partial charge in [0.1, 0.15) is 0 Å². The number of hydrogen-bond donors (Lipinski definition) is 0. The molecule has 4 aromatic rings. The number of pyridine rings is 1. The first-order valence-electron chi connectivity index (χ1n) is 10.3. The normalized spacial score (nSPS) is 11.2. The lowest BCUT2D eigenvalue weighted by atomic mass is 9.96. The zero-order chi connectivity index (χ0) is 20.4. The van der Waals surface area contributed by atoms with Gasteiger partial charge in [0.2, 0.25) is 0 Å². The zero-order valence-electron chi connectivity index (χ0n) is 17.7. The summed E-state index contributed by atoms with van der Waals surface area (Å²) in [6.45, 7) is 6.69. The number of anilines is 2. The van der Waals surface area contributed by atoms with Crippen LogP contribution in [0.4, 0.5) is 11.4 Å². The Morgan fingerprint density at radius 3 is 2.28 bits per heavy atom. The van der Waals surface area contributed by atoms with Gasteiger partial charge in [-0.05, 0) is 71.2 Å². The largest absolute Gasteiger partial charge is 0.344 e. The van der Waals surface area contributed by atoms with Crippen molar-refractivity contribution in [3.05, 3.63) is 101 Å². The van der Waals surface area contributed by atoms with Crippen LogP contribution in [0.15, 0.2) is 79.1 Å². The lowest BCUT2D eigenvalue weighted by Gasteiger charge is -2.25. The van der Waals surface area contributed by atoms with E-state index in [4.69, 9.17) is 0 Å². The minimum absolute atomic E-state index is 0.516. The fourth-order valence-corrected chi connectivity index (χ4v) is 3.99. The van der Waals surface area contributed by atoms with Crippen molar-refractivity contribution in [2.45, 2.75) is 33.1 Å². The highest BCUT2D eigenvalue weighted by molar-refractivity contribution is 5.98. The Bertz CT molecular complexity index is 1130. The van der Waals surface area contributed by atoms with Crippen LogP contribution in [-0.2, 0) is 6.42 Å². The Labute approximate surface area is 173 Å². The molecular weight excluding hydrogens is 352 g/mol. The molecule has 0 amide bonds. The van der Waals surface area contributed by atoms with Crippen molar-refractivity contribution in [2.24, 2.45) is 0 Å². The molecule has 0 bridgehead atoms. The number of fused-ring (bicyclic) bond motifs is 1. The first-order chi connectivity index (χ1) is 14.0. The molecule has 0 radical (unpaired) electrons. The molecular formula is C27H28N2. The van der Waals surface area contributed by atoms with Crippen molar-refractivity contribution in [1.29, 1.82) is 0 Å². The van der Waals surface area contributed by atoms with Crippen molar-refractivity contribution < 1.29 is 0 Å². The summed E-state index contributed by atoms with van der Waals surface area (Å²) in [6.07, 6.45) is 4.64. The van der Waals surface area contributed by atoms with Crippen LogP contribution in [0.25, 0.3) is 10.8 Å². The van der Waals surface area contributed by atoms with Gasteiger partial charge in [0.05, 0.1) is 0 Å². The number of benzene rings is 3. The SMILES string of the molecule is Cc1ccc(C(C)C)cc1N(C)c1ccc(Cc2ccncc2)c2ccccc12. The Balaban J connectivity index is 1.79. The predicted molar refractivity (Wildman–Crippen MR) is 124 cm³/mol. The van der Waals surface area contributed by atoms with E-state index in [2.05, 4.69) is 104 Å². The van der Waals surface area contributed by atoms with Crippen LogP contribution < -0.4 is 4.90 Å². The zero-order valence-corrected chi connectivity index (χ0v) is 17.7. The van der Waals surface area contributed by atoms with Crippen LogP contribution in [-0.4, -0.2) is 12.0 Å². The third kappa shape index (κ3) is 3.88. The fourth-order valence-electron chi connectivity index (χ4n) is 3.99. The summed E-state index contributed by atoms with van der Waals surface area (Å²) in [5.41, 5.74) is 7.80. The first-order valence-corrected chi connectivity index (χ1v) is 10.3. The summed E-state index contributed by atoms with van der Waals surface area (Å²) in [4.78, 5) is 6.47. The van der Waals surface area contributed by atoms with Crippen LogP contribution in [0.3, 0.4) is 0 Å². The monoisotopic (exact) mass is 380 g/mol. The average molecular weight is 381 g/mol. The van der Waals surface area contributed by atoms with Gasteiger partial charge in [-0.1, -0.05) is 56.3 Å². The van der Waals surface area contributed by atoms with Gasteiger partial charge in [0.15, 0.2) is 0 Å². The van der Waals surface area contributed by atoms with Crippen LogP contribution in [0.2, 0.25) is 0 Å². The van der Waals surface area contributed by atoms with Crippen molar-refractivity contribution in [2.75, 3.05) is 11.9 Å². The van der Waals surface area contributed by atoms with Crippen molar-refractivity contribution in [3.8, 4) is 0 Å². The smallest absolute Gasteiger partial charge is 0.0488 e. The molecule has 0 spiro atoms. The molecule has 1 aromatic heterocycles. The second kappa shape index (κ2) is 8.08. The molecule has 0 N–H and O–H groups in total. The van der Waals surface area contributed by atoms with Gasteiger partial charge < -0.3 is 4.90 Å². The predicted octanol–water partition coefficient (Wildman–Crippen LogP) is 7.03. The van der Waals surface area contributed by atoms with Gasteiger partial charge in [-0.15, -0.1) is 0 Å². The molecule has 29 heavy (non-hydrogen) atoms. The van der Waals surface area contributed by atoms with E-state index in [1.807, 2.05) is 12.4 Å². The minimum Gasteiger partial charge on any atom is -0.344 e. The highest BCUT2D eigenvalue weighted by atomic mass is 15.1. The van der Waals surface area contributed by atoms with Crippen LogP contribution >= 0.6 is 0 Å². The van der Waals surface area contributed by atoms with E-state index >= 15 is 0 Å². The van der Waals surface area contributed by atoms with Gasteiger partial charge in [-0.25, -0.2) is 0 Å². The number of aromatic nitrogens is 1. The molecule has 1 heterocycles. The molecule has 0 fully saturated rings. The third-order valence-electron chi connectivity index (χ3n) is 5.76. The summed E-state index contributed by atoms with van der Waals surface area (Å²) >= 11 is 0. The van der Waals surface area contributed by atoms with Crippen LogP contribution in [0.1, 0.15) is 42.0 Å². The molecule has 2 nitrogen and oxygen atoms in total. The molecule has 0 atom stereocenters. The molecule has 146 valence electrons. The van der Waals surface area contributed by atoms with Gasteiger partial charge >= 0.3 is 0 Å². The minimum atomic E-state index is 0.516. The number of rotatable bonds is 5. The van der Waals surface area contributed by atoms with E-state index in [1.165, 1.54) is 44.4 Å². The molecule has 2 heteroatoms. The van der Waals surface area contributed by atoms with Crippen molar-refractivity contribution in [1.82, 2.24) is 4.98 Å². The number of aryl methyl sites for hydroxylation is 1. The van der Waals surface area contributed by atoms with Gasteiger partial charge in [-0.2, -0.15) is 0 Å². The molecule has 3 aromatic carbocycles. The van der Waals surface area contributed by atoms with E-state index in [0.29, 0.717) is 5.92 Å². The summed E-state index contributed by atoms with van der Waals surface area (Å²) < 4.78 is 0. The average Bonchev–Trinajstić information content (AvgIpc) is 2.74. The maximum Gasteiger partial charge on any atom is 0.0488 e. The van der Waals surface area contributed by atoms with Crippen molar-refractivity contribution >= 4 is 22.1 Å². The molecule has 4 rings (SSSR count). The summed E-state index contributed by atoms with van der Waals surface area (Å²) in [5.74, 6) is 0.516. The maximum absolute atomic E-state index is 4.14. The summed E-state index contributed by atoms with van der Waals surface area (Å²) in [6, 6.07) is 24.3. The first kappa shape index (κ1) is 19.2. The molecule has 0 saturated heterocycles. The molecule has 0 aliphatic carbocycles. The van der Waals surface area contributed by atoms with Crippen LogP contribution in [0, 0.1) is 6.92 Å². The van der Waals surface area contributed by atoms with E-state index in [1.54, 1.807) is 0 Å². The number of nitrogens with zero attached hydrogens (tertiary/aromatic N) is 2. The molecule has 0 unspecified atom stereocenters. The van der Waals surface area contributed by atoms with Gasteiger partial charge in [0.25, 0.3) is 0 Å². The number of hydrogen-bond acceptors (Lipinski definition) is 2. The molecule has 0 saturated carbocycles. The van der Waals surface area contributed by atoms with Gasteiger partial charge in [-0.3, -0.25) is 4.98 Å². The second-order valence-corrected chi connectivity index (χ2v) is 8.08. The Hall–Kier alpha value is -3.13. The molecule has 0 aliphatic rings. The highest BCUT2D eigenvalue weighted by Crippen LogP contribution is 2.36. The quantitative estimate of drug-likeness (QED) is 0.369. The third-order valence-corrected chi connectivity index (χ3v) is 5.76. The Kier molecular flexibility index (Phi) is 5.35.